The maximum absolute atomic E-state index is 8.94. The Bertz CT molecular complexity index is 768. The molecule has 18 heavy (non-hydrogen) atoms. The Hall–Kier alpha value is -2.24. The second-order valence-electron chi connectivity index (χ2n) is 3.98. The van der Waals surface area contributed by atoms with Crippen LogP contribution in [0.1, 0.15) is 5.56 Å². The monoisotopic (exact) mass is 253 g/mol. The van der Waals surface area contributed by atoms with Crippen LogP contribution in [0.4, 0.5) is 0 Å². The predicted octanol–water partition coefficient (Wildman–Crippen LogP) is 4.62. The lowest BCUT2D eigenvalue weighted by molar-refractivity contribution is 0.617. The molecule has 0 aliphatic rings. The Morgan fingerprint density at radius 1 is 1.11 bits per heavy atom. The van der Waals surface area contributed by atoms with Gasteiger partial charge in [-0.1, -0.05) is 23.7 Å². The van der Waals surface area contributed by atoms with Gasteiger partial charge in [-0.25, -0.2) is 0 Å². The first-order valence-corrected chi connectivity index (χ1v) is 5.83. The third-order valence-corrected chi connectivity index (χ3v) is 3.07. The summed E-state index contributed by atoms with van der Waals surface area (Å²) in [5.74, 6) is 0. The van der Waals surface area contributed by atoms with Crippen LogP contribution in [-0.2, 0) is 0 Å². The van der Waals surface area contributed by atoms with E-state index in [4.69, 9.17) is 21.3 Å². The van der Waals surface area contributed by atoms with Crippen molar-refractivity contribution >= 4 is 22.6 Å². The van der Waals surface area contributed by atoms with E-state index in [0.29, 0.717) is 10.6 Å². The first-order valence-electron chi connectivity index (χ1n) is 5.45. The van der Waals surface area contributed by atoms with Gasteiger partial charge >= 0.3 is 0 Å². The van der Waals surface area contributed by atoms with Crippen molar-refractivity contribution in [1.82, 2.24) is 0 Å². The highest BCUT2D eigenvalue weighted by Crippen LogP contribution is 2.32. The molecule has 0 fully saturated rings. The van der Waals surface area contributed by atoms with Gasteiger partial charge < -0.3 is 4.42 Å². The second-order valence-corrected chi connectivity index (χ2v) is 4.42. The highest BCUT2D eigenvalue weighted by atomic mass is 35.5. The van der Waals surface area contributed by atoms with E-state index < -0.39 is 0 Å². The molecule has 3 heteroatoms. The van der Waals surface area contributed by atoms with Gasteiger partial charge in [0.1, 0.15) is 5.58 Å². The summed E-state index contributed by atoms with van der Waals surface area (Å²) in [4.78, 5) is 0. The average Bonchev–Trinajstić information content (AvgIpc) is 2.81. The second kappa shape index (κ2) is 4.21. The van der Waals surface area contributed by atoms with E-state index in [2.05, 4.69) is 6.07 Å². The summed E-state index contributed by atoms with van der Waals surface area (Å²) in [7, 11) is 0. The van der Waals surface area contributed by atoms with Gasteiger partial charge in [0, 0.05) is 16.0 Å². The summed E-state index contributed by atoms with van der Waals surface area (Å²) in [6, 6.07) is 15.1. The van der Waals surface area contributed by atoms with Crippen molar-refractivity contribution in [3.05, 3.63) is 59.3 Å². The zero-order chi connectivity index (χ0) is 12.5. The molecule has 0 saturated heterocycles. The molecule has 0 aliphatic carbocycles. The van der Waals surface area contributed by atoms with Crippen LogP contribution in [0.2, 0.25) is 5.02 Å². The molecule has 86 valence electrons. The Morgan fingerprint density at radius 3 is 2.78 bits per heavy atom. The molecule has 0 saturated carbocycles. The van der Waals surface area contributed by atoms with Crippen LogP contribution >= 0.6 is 11.6 Å². The molecule has 0 aliphatic heterocycles. The van der Waals surface area contributed by atoms with Gasteiger partial charge in [-0.15, -0.1) is 0 Å². The molecule has 0 spiro atoms. The third kappa shape index (κ3) is 1.75. The summed E-state index contributed by atoms with van der Waals surface area (Å²) in [5.41, 5.74) is 3.32. The van der Waals surface area contributed by atoms with Gasteiger partial charge in [0.2, 0.25) is 0 Å². The van der Waals surface area contributed by atoms with Crippen molar-refractivity contribution in [2.45, 2.75) is 0 Å². The number of fused-ring (bicyclic) bond motifs is 1. The third-order valence-electron chi connectivity index (χ3n) is 2.84. The van der Waals surface area contributed by atoms with Gasteiger partial charge in [0.05, 0.1) is 17.9 Å². The molecule has 0 radical (unpaired) electrons. The van der Waals surface area contributed by atoms with E-state index in [-0.39, 0.29) is 0 Å². The molecule has 2 nitrogen and oxygen atoms in total. The van der Waals surface area contributed by atoms with Gasteiger partial charge in [-0.2, -0.15) is 5.26 Å². The standard InChI is InChI=1S/C15H8ClNO/c16-12-3-1-2-11(7-12)14-9-18-15-5-4-10(8-17)6-13(14)15/h1-7,9H. The fourth-order valence-corrected chi connectivity index (χ4v) is 2.17. The maximum Gasteiger partial charge on any atom is 0.134 e. The normalized spacial score (nSPS) is 10.4. The molecule has 3 aromatic rings. The minimum absolute atomic E-state index is 0.618. The van der Waals surface area contributed by atoms with E-state index in [1.807, 2.05) is 36.4 Å². The summed E-state index contributed by atoms with van der Waals surface area (Å²) < 4.78 is 5.49. The van der Waals surface area contributed by atoms with Crippen molar-refractivity contribution in [3.8, 4) is 17.2 Å². The number of hydrogen-bond acceptors (Lipinski definition) is 2. The lowest BCUT2D eigenvalue weighted by atomic mass is 10.0. The Labute approximate surface area is 109 Å². The van der Waals surface area contributed by atoms with E-state index >= 15 is 0 Å². The van der Waals surface area contributed by atoms with Gasteiger partial charge in [0.15, 0.2) is 0 Å². The summed E-state index contributed by atoms with van der Waals surface area (Å²) in [6.45, 7) is 0. The number of halogens is 1. The number of furan rings is 1. The topological polar surface area (TPSA) is 36.9 Å². The predicted molar refractivity (Wildman–Crippen MR) is 71.4 cm³/mol. The fraction of sp³-hybridized carbons (Fsp3) is 0. The molecule has 1 aromatic heterocycles. The van der Waals surface area contributed by atoms with E-state index in [1.165, 1.54) is 0 Å². The Morgan fingerprint density at radius 2 is 2.00 bits per heavy atom. The molecular weight excluding hydrogens is 246 g/mol. The van der Waals surface area contributed by atoms with Crippen LogP contribution < -0.4 is 0 Å². The molecular formula is C15H8ClNO. The van der Waals surface area contributed by atoms with Crippen LogP contribution in [-0.4, -0.2) is 0 Å². The first-order chi connectivity index (χ1) is 8.78. The lowest BCUT2D eigenvalue weighted by Gasteiger charge is -1.99. The zero-order valence-electron chi connectivity index (χ0n) is 9.35. The van der Waals surface area contributed by atoms with Gasteiger partial charge in [-0.05, 0) is 35.9 Å². The van der Waals surface area contributed by atoms with Crippen molar-refractivity contribution in [1.29, 1.82) is 5.26 Å². The van der Waals surface area contributed by atoms with Crippen LogP contribution in [0.25, 0.3) is 22.1 Å². The average molecular weight is 254 g/mol. The van der Waals surface area contributed by atoms with E-state index in [0.717, 1.165) is 22.1 Å². The van der Waals surface area contributed by atoms with Crippen LogP contribution in [0.5, 0.6) is 0 Å². The number of benzene rings is 2. The van der Waals surface area contributed by atoms with Gasteiger partial charge in [-0.3, -0.25) is 0 Å². The SMILES string of the molecule is N#Cc1ccc2occ(-c3cccc(Cl)c3)c2c1. The molecule has 0 bridgehead atoms. The highest BCUT2D eigenvalue weighted by Gasteiger charge is 2.09. The first kappa shape index (κ1) is 10.9. The summed E-state index contributed by atoms with van der Waals surface area (Å²) in [6.07, 6.45) is 1.69. The smallest absolute Gasteiger partial charge is 0.134 e. The largest absolute Gasteiger partial charge is 0.464 e. The van der Waals surface area contributed by atoms with Crippen LogP contribution in [0.3, 0.4) is 0 Å². The summed E-state index contributed by atoms with van der Waals surface area (Å²) in [5, 5.41) is 10.5. The molecule has 1 heterocycles. The van der Waals surface area contributed by atoms with Crippen LogP contribution in [0, 0.1) is 11.3 Å². The molecule has 0 unspecified atom stereocenters. The molecule has 0 atom stereocenters. The van der Waals surface area contributed by atoms with Gasteiger partial charge in [0.25, 0.3) is 0 Å². The van der Waals surface area contributed by atoms with Crippen molar-refractivity contribution < 1.29 is 4.42 Å². The zero-order valence-corrected chi connectivity index (χ0v) is 10.1. The molecule has 2 aromatic carbocycles. The van der Waals surface area contributed by atoms with Crippen molar-refractivity contribution in [3.63, 3.8) is 0 Å². The fourth-order valence-electron chi connectivity index (χ4n) is 1.98. The molecule has 0 amide bonds. The Balaban J connectivity index is 2.27. The molecule has 3 rings (SSSR count). The quantitative estimate of drug-likeness (QED) is 0.634. The van der Waals surface area contributed by atoms with Crippen molar-refractivity contribution in [2.24, 2.45) is 0 Å². The Kier molecular flexibility index (Phi) is 2.55. The number of nitriles is 1. The number of rotatable bonds is 1. The van der Waals surface area contributed by atoms with Crippen molar-refractivity contribution in [2.75, 3.05) is 0 Å². The maximum atomic E-state index is 8.94. The minimum atomic E-state index is 0.618. The van der Waals surface area contributed by atoms with E-state index in [9.17, 15) is 0 Å². The van der Waals surface area contributed by atoms with Crippen LogP contribution in [0.15, 0.2) is 53.1 Å². The highest BCUT2D eigenvalue weighted by molar-refractivity contribution is 6.30. The lowest BCUT2D eigenvalue weighted by Crippen LogP contribution is -1.77. The molecule has 0 N–H and O–H groups in total. The summed E-state index contributed by atoms with van der Waals surface area (Å²) >= 11 is 5.99. The van der Waals surface area contributed by atoms with E-state index in [1.54, 1.807) is 12.3 Å². The number of nitrogens with zero attached hydrogens (tertiary/aromatic N) is 1. The number of hydrogen-bond donors (Lipinski definition) is 0. The minimum Gasteiger partial charge on any atom is -0.464 e.